The molecule has 0 saturated carbocycles. The van der Waals surface area contributed by atoms with E-state index in [2.05, 4.69) is 27.1 Å². The molecule has 0 radical (unpaired) electrons. The largest absolute Gasteiger partial charge is 0.393 e. The van der Waals surface area contributed by atoms with E-state index in [9.17, 15) is 18.3 Å². The van der Waals surface area contributed by atoms with Crippen molar-refractivity contribution in [3.05, 3.63) is 65.2 Å². The normalized spacial score (nSPS) is 15.8. The summed E-state index contributed by atoms with van der Waals surface area (Å²) in [4.78, 5) is 14.8. The number of benzene rings is 2. The summed E-state index contributed by atoms with van der Waals surface area (Å²) in [5.41, 5.74) is 2.61. The summed E-state index contributed by atoms with van der Waals surface area (Å²) in [7, 11) is -3.52. The summed E-state index contributed by atoms with van der Waals surface area (Å²) < 4.78 is 26.4. The lowest BCUT2D eigenvalue weighted by atomic mass is 10.1. The molecule has 1 saturated heterocycles. The number of piperidine rings is 1. The number of rotatable bonds is 8. The molecule has 3 N–H and O–H groups in total. The molecule has 1 heterocycles. The van der Waals surface area contributed by atoms with Crippen molar-refractivity contribution in [1.29, 1.82) is 0 Å². The predicted molar refractivity (Wildman–Crippen MR) is 115 cm³/mol. The second-order valence-corrected chi connectivity index (χ2v) is 9.30. The number of aliphatic hydroxyl groups excluding tert-OH is 1. The number of nitrogens with zero attached hydrogens (tertiary/aromatic N) is 1. The van der Waals surface area contributed by atoms with Gasteiger partial charge in [0.15, 0.2) is 0 Å². The van der Waals surface area contributed by atoms with Gasteiger partial charge in [0.1, 0.15) is 0 Å². The van der Waals surface area contributed by atoms with Gasteiger partial charge in [0.25, 0.3) is 5.91 Å². The molecule has 0 spiro atoms. The lowest BCUT2D eigenvalue weighted by molar-refractivity contribution is 0.0792. The molecule has 3 rings (SSSR count). The van der Waals surface area contributed by atoms with Crippen LogP contribution >= 0.6 is 0 Å². The average Bonchev–Trinajstić information content (AvgIpc) is 2.75. The first kappa shape index (κ1) is 22.4. The fraction of sp³-hybridized carbons (Fsp3) is 0.409. The average molecular weight is 432 g/mol. The Morgan fingerprint density at radius 1 is 1.03 bits per heavy atom. The molecule has 0 bridgehead atoms. The van der Waals surface area contributed by atoms with Crippen molar-refractivity contribution in [2.75, 3.05) is 19.6 Å². The van der Waals surface area contributed by atoms with Crippen molar-refractivity contribution in [2.24, 2.45) is 0 Å². The second kappa shape index (κ2) is 10.2. The summed E-state index contributed by atoms with van der Waals surface area (Å²) in [6.45, 7) is 5.10. The molecule has 2 aromatic rings. The Balaban J connectivity index is 1.51. The van der Waals surface area contributed by atoms with Crippen LogP contribution in [0.1, 0.15) is 41.3 Å². The number of hydrogen-bond donors (Lipinski definition) is 3. The molecule has 7 nitrogen and oxygen atoms in total. The minimum Gasteiger partial charge on any atom is -0.393 e. The van der Waals surface area contributed by atoms with Crippen LogP contribution in [0.4, 0.5) is 0 Å². The van der Waals surface area contributed by atoms with E-state index >= 15 is 0 Å². The number of carbonyl (C=O) groups is 1. The SMILES string of the molecule is CCNS(=O)(=O)c1ccc(C(=O)NCc2ccc(CN3CCC(O)CC3)cc2)cc1. The van der Waals surface area contributed by atoms with Crippen LogP contribution in [0.15, 0.2) is 53.4 Å². The Labute approximate surface area is 178 Å². The van der Waals surface area contributed by atoms with E-state index in [1.54, 1.807) is 6.92 Å². The van der Waals surface area contributed by atoms with Gasteiger partial charge in [-0.1, -0.05) is 31.2 Å². The quantitative estimate of drug-likeness (QED) is 0.593. The molecule has 2 aromatic carbocycles. The molecule has 1 aliphatic rings. The van der Waals surface area contributed by atoms with Gasteiger partial charge in [-0.3, -0.25) is 9.69 Å². The molecular formula is C22H29N3O4S. The van der Waals surface area contributed by atoms with Gasteiger partial charge >= 0.3 is 0 Å². The molecule has 8 heteroatoms. The predicted octanol–water partition coefficient (Wildman–Crippen LogP) is 1.87. The standard InChI is InChI=1S/C22H29N3O4S/c1-2-24-30(28,29)21-9-7-19(8-10-21)22(27)23-15-17-3-5-18(6-4-17)16-25-13-11-20(26)12-14-25/h3-10,20,24,26H,2,11-16H2,1H3,(H,23,27). The van der Waals surface area contributed by atoms with Gasteiger partial charge in [-0.2, -0.15) is 0 Å². The molecule has 1 fully saturated rings. The Morgan fingerprint density at radius 2 is 1.63 bits per heavy atom. The third kappa shape index (κ3) is 6.12. The summed E-state index contributed by atoms with van der Waals surface area (Å²) in [5, 5.41) is 12.5. The maximum absolute atomic E-state index is 12.4. The number of aliphatic hydroxyl groups is 1. The number of sulfonamides is 1. The fourth-order valence-corrected chi connectivity index (χ4v) is 4.48. The molecule has 0 unspecified atom stereocenters. The van der Waals surface area contributed by atoms with Crippen molar-refractivity contribution in [3.8, 4) is 0 Å². The van der Waals surface area contributed by atoms with Crippen LogP contribution < -0.4 is 10.0 Å². The third-order valence-electron chi connectivity index (χ3n) is 5.20. The van der Waals surface area contributed by atoms with Gasteiger partial charge in [0.05, 0.1) is 11.0 Å². The highest BCUT2D eigenvalue weighted by molar-refractivity contribution is 7.89. The number of amides is 1. The topological polar surface area (TPSA) is 98.7 Å². The molecular weight excluding hydrogens is 402 g/mol. The third-order valence-corrected chi connectivity index (χ3v) is 6.76. The van der Waals surface area contributed by atoms with Gasteiger partial charge in [0, 0.05) is 38.3 Å². The van der Waals surface area contributed by atoms with Crippen molar-refractivity contribution < 1.29 is 18.3 Å². The first-order chi connectivity index (χ1) is 14.4. The van der Waals surface area contributed by atoms with Crippen LogP contribution in [0.2, 0.25) is 0 Å². The zero-order valence-corrected chi connectivity index (χ0v) is 18.0. The molecule has 1 aliphatic heterocycles. The van der Waals surface area contributed by atoms with Gasteiger partial charge in [0.2, 0.25) is 10.0 Å². The summed E-state index contributed by atoms with van der Waals surface area (Å²) in [6, 6.07) is 14.0. The van der Waals surface area contributed by atoms with Crippen molar-refractivity contribution >= 4 is 15.9 Å². The summed E-state index contributed by atoms with van der Waals surface area (Å²) >= 11 is 0. The molecule has 30 heavy (non-hydrogen) atoms. The minimum atomic E-state index is -3.52. The zero-order chi connectivity index (χ0) is 21.6. The zero-order valence-electron chi connectivity index (χ0n) is 17.2. The number of carbonyl (C=O) groups excluding carboxylic acids is 1. The van der Waals surface area contributed by atoms with E-state index in [4.69, 9.17) is 0 Å². The lowest BCUT2D eigenvalue weighted by Crippen LogP contribution is -2.35. The number of likely N-dealkylation sites (tertiary alicyclic amines) is 1. The van der Waals surface area contributed by atoms with Crippen molar-refractivity contribution in [2.45, 2.75) is 43.9 Å². The molecule has 1 amide bonds. The van der Waals surface area contributed by atoms with Gasteiger partial charge in [-0.15, -0.1) is 0 Å². The van der Waals surface area contributed by atoms with E-state index in [1.807, 2.05) is 12.1 Å². The van der Waals surface area contributed by atoms with Crippen molar-refractivity contribution in [1.82, 2.24) is 14.9 Å². The summed E-state index contributed by atoms with van der Waals surface area (Å²) in [5.74, 6) is -0.252. The van der Waals surface area contributed by atoms with E-state index in [-0.39, 0.29) is 16.9 Å². The van der Waals surface area contributed by atoms with Crippen LogP contribution in [0.3, 0.4) is 0 Å². The lowest BCUT2D eigenvalue weighted by Gasteiger charge is -2.29. The van der Waals surface area contributed by atoms with E-state index in [0.717, 1.165) is 38.0 Å². The van der Waals surface area contributed by atoms with E-state index in [0.29, 0.717) is 18.7 Å². The van der Waals surface area contributed by atoms with Crippen LogP contribution in [0.25, 0.3) is 0 Å². The molecule has 0 aromatic heterocycles. The highest BCUT2D eigenvalue weighted by atomic mass is 32.2. The van der Waals surface area contributed by atoms with Crippen LogP contribution in [0, 0.1) is 0 Å². The highest BCUT2D eigenvalue weighted by Crippen LogP contribution is 2.15. The number of hydrogen-bond acceptors (Lipinski definition) is 5. The Kier molecular flexibility index (Phi) is 7.60. The van der Waals surface area contributed by atoms with Crippen LogP contribution in [-0.2, 0) is 23.1 Å². The second-order valence-electron chi connectivity index (χ2n) is 7.53. The van der Waals surface area contributed by atoms with E-state index in [1.165, 1.54) is 29.8 Å². The first-order valence-electron chi connectivity index (χ1n) is 10.2. The van der Waals surface area contributed by atoms with Crippen LogP contribution in [0.5, 0.6) is 0 Å². The van der Waals surface area contributed by atoms with Gasteiger partial charge in [-0.25, -0.2) is 13.1 Å². The molecule has 162 valence electrons. The highest BCUT2D eigenvalue weighted by Gasteiger charge is 2.17. The molecule has 0 aliphatic carbocycles. The monoisotopic (exact) mass is 431 g/mol. The van der Waals surface area contributed by atoms with Gasteiger partial charge in [-0.05, 0) is 48.2 Å². The first-order valence-corrected chi connectivity index (χ1v) is 11.7. The number of nitrogens with one attached hydrogen (secondary N) is 2. The van der Waals surface area contributed by atoms with Crippen LogP contribution in [-0.4, -0.2) is 50.1 Å². The summed E-state index contributed by atoms with van der Waals surface area (Å²) in [6.07, 6.45) is 1.49. The minimum absolute atomic E-state index is 0.139. The fourth-order valence-electron chi connectivity index (χ4n) is 3.44. The maximum atomic E-state index is 12.4. The van der Waals surface area contributed by atoms with Gasteiger partial charge < -0.3 is 10.4 Å². The Hall–Kier alpha value is -2.26. The maximum Gasteiger partial charge on any atom is 0.251 e. The Morgan fingerprint density at radius 3 is 2.23 bits per heavy atom. The Bertz CT molecular complexity index is 935. The smallest absolute Gasteiger partial charge is 0.251 e. The van der Waals surface area contributed by atoms with Crippen molar-refractivity contribution in [3.63, 3.8) is 0 Å². The van der Waals surface area contributed by atoms with E-state index < -0.39 is 10.0 Å². The molecule has 0 atom stereocenters.